The molecule has 3 atom stereocenters. The van der Waals surface area contributed by atoms with Gasteiger partial charge in [-0.3, -0.25) is 4.79 Å². The highest BCUT2D eigenvalue weighted by Crippen LogP contribution is 2.60. The molecule has 0 saturated heterocycles. The van der Waals surface area contributed by atoms with Crippen LogP contribution in [-0.2, 0) is 9.53 Å². The molecule has 1 aromatic rings. The van der Waals surface area contributed by atoms with E-state index in [2.05, 4.69) is 0 Å². The lowest BCUT2D eigenvalue weighted by atomic mass is 10.1. The molecule has 1 heterocycles. The molecule has 0 N–H and O–H groups in total. The van der Waals surface area contributed by atoms with Gasteiger partial charge < -0.3 is 14.2 Å². The first kappa shape index (κ1) is 16.9. The first-order valence-electron chi connectivity index (χ1n) is 7.37. The van der Waals surface area contributed by atoms with Gasteiger partial charge in [0.05, 0.1) is 5.92 Å². The Balaban J connectivity index is 1.74. The number of carbonyl (C=O) groups excluding carboxylic acids is 1. The molecule has 5 nitrogen and oxygen atoms in total. The maximum absolute atomic E-state index is 12.4. The number of carbonyl (C=O) groups is 1. The largest absolute Gasteiger partial charge is 0.454 e. The van der Waals surface area contributed by atoms with Crippen LogP contribution in [0.25, 0.3) is 0 Å². The van der Waals surface area contributed by atoms with Crippen molar-refractivity contribution in [1.29, 1.82) is 5.26 Å². The van der Waals surface area contributed by atoms with E-state index in [9.17, 15) is 10.1 Å². The Morgan fingerprint density at radius 2 is 2.12 bits per heavy atom. The van der Waals surface area contributed by atoms with Crippen LogP contribution in [0, 0.1) is 28.6 Å². The Bertz CT molecular complexity index is 749. The molecule has 1 saturated carbocycles. The molecule has 0 bridgehead atoms. The summed E-state index contributed by atoms with van der Waals surface area (Å²) in [4.78, 5) is 12.4. The molecule has 7 heteroatoms. The molecule has 0 aromatic heterocycles. The van der Waals surface area contributed by atoms with Gasteiger partial charge in [0, 0.05) is 5.56 Å². The van der Waals surface area contributed by atoms with Crippen LogP contribution >= 0.6 is 23.2 Å². The predicted octanol–water partition coefficient (Wildman–Crippen LogP) is 4.11. The molecule has 3 unspecified atom stereocenters. The van der Waals surface area contributed by atoms with Crippen LogP contribution < -0.4 is 9.47 Å². The van der Waals surface area contributed by atoms with Gasteiger partial charge in [0.1, 0.15) is 10.6 Å². The minimum absolute atomic E-state index is 0.105. The van der Waals surface area contributed by atoms with Crippen molar-refractivity contribution < 1.29 is 19.0 Å². The summed E-state index contributed by atoms with van der Waals surface area (Å²) in [7, 11) is 0. The Morgan fingerprint density at radius 1 is 1.42 bits per heavy atom. The maximum atomic E-state index is 12.4. The van der Waals surface area contributed by atoms with E-state index >= 15 is 0 Å². The van der Waals surface area contributed by atoms with Gasteiger partial charge in [0.25, 0.3) is 0 Å². The van der Waals surface area contributed by atoms with Crippen LogP contribution in [0.5, 0.6) is 11.5 Å². The van der Waals surface area contributed by atoms with E-state index in [0.29, 0.717) is 17.1 Å². The van der Waals surface area contributed by atoms with Crippen molar-refractivity contribution in [3.63, 3.8) is 0 Å². The standard InChI is InChI=1S/C17H15Cl2NO4/c1-17(2)10(6-14(18)19)15(17)16(21)24-13(7-20)9-3-4-11-12(5-9)23-8-22-11/h3-6,10,13,15H,8H2,1-2H3. The van der Waals surface area contributed by atoms with Crippen LogP contribution in [0.1, 0.15) is 25.5 Å². The fourth-order valence-electron chi connectivity index (χ4n) is 3.01. The summed E-state index contributed by atoms with van der Waals surface area (Å²) in [5, 5.41) is 9.37. The molecular weight excluding hydrogens is 353 g/mol. The minimum atomic E-state index is -1.01. The molecule has 1 aliphatic heterocycles. The van der Waals surface area contributed by atoms with Crippen molar-refractivity contribution in [2.45, 2.75) is 20.0 Å². The van der Waals surface area contributed by atoms with Crippen molar-refractivity contribution in [3.05, 3.63) is 34.3 Å². The van der Waals surface area contributed by atoms with Crippen molar-refractivity contribution in [1.82, 2.24) is 0 Å². The first-order chi connectivity index (χ1) is 11.3. The lowest BCUT2D eigenvalue weighted by Gasteiger charge is -2.12. The second kappa shape index (κ2) is 6.19. The smallest absolute Gasteiger partial charge is 0.311 e. The van der Waals surface area contributed by atoms with Gasteiger partial charge in [0.15, 0.2) is 11.5 Å². The second-order valence-electron chi connectivity index (χ2n) is 6.34. The quantitative estimate of drug-likeness (QED) is 0.748. The van der Waals surface area contributed by atoms with Crippen LogP contribution in [0.3, 0.4) is 0 Å². The van der Waals surface area contributed by atoms with Crippen LogP contribution in [-0.4, -0.2) is 12.8 Å². The van der Waals surface area contributed by atoms with E-state index < -0.39 is 12.1 Å². The molecule has 1 aromatic carbocycles. The van der Waals surface area contributed by atoms with Crippen molar-refractivity contribution >= 4 is 29.2 Å². The highest BCUT2D eigenvalue weighted by atomic mass is 35.5. The van der Waals surface area contributed by atoms with Crippen molar-refractivity contribution in [2.24, 2.45) is 17.3 Å². The van der Waals surface area contributed by atoms with Gasteiger partial charge >= 0.3 is 5.97 Å². The van der Waals surface area contributed by atoms with Crippen LogP contribution in [0.4, 0.5) is 0 Å². The lowest BCUT2D eigenvalue weighted by Crippen LogP contribution is -2.14. The molecule has 0 amide bonds. The van der Waals surface area contributed by atoms with E-state index in [4.69, 9.17) is 37.4 Å². The third-order valence-corrected chi connectivity index (χ3v) is 4.77. The van der Waals surface area contributed by atoms with E-state index in [1.165, 1.54) is 0 Å². The number of halogens is 2. The average Bonchev–Trinajstić information content (AvgIpc) is 2.88. The number of allylic oxidation sites excluding steroid dienone is 1. The van der Waals surface area contributed by atoms with Crippen LogP contribution in [0.15, 0.2) is 28.8 Å². The summed E-state index contributed by atoms with van der Waals surface area (Å²) in [6, 6.07) is 7.02. The monoisotopic (exact) mass is 367 g/mol. The minimum Gasteiger partial charge on any atom is -0.454 e. The molecule has 0 radical (unpaired) electrons. The first-order valence-corrected chi connectivity index (χ1v) is 8.12. The number of benzene rings is 1. The summed E-state index contributed by atoms with van der Waals surface area (Å²) in [5.41, 5.74) is 0.233. The topological polar surface area (TPSA) is 68.6 Å². The number of nitrogens with zero attached hydrogens (tertiary/aromatic N) is 1. The number of nitriles is 1. The normalized spacial score (nSPS) is 23.8. The number of esters is 1. The summed E-state index contributed by atoms with van der Waals surface area (Å²) >= 11 is 11.4. The maximum Gasteiger partial charge on any atom is 0.311 e. The molecule has 24 heavy (non-hydrogen) atoms. The number of hydrogen-bond acceptors (Lipinski definition) is 5. The molecular formula is C17H15Cl2NO4. The zero-order valence-electron chi connectivity index (χ0n) is 13.1. The Hall–Kier alpha value is -1.90. The molecule has 126 valence electrons. The highest BCUT2D eigenvalue weighted by Gasteiger charge is 2.62. The molecule has 0 spiro atoms. The average molecular weight is 368 g/mol. The fraction of sp³-hybridized carbons (Fsp3) is 0.412. The van der Waals surface area contributed by atoms with Crippen LogP contribution in [0.2, 0.25) is 0 Å². The molecule has 1 fully saturated rings. The Kier molecular flexibility index (Phi) is 4.37. The fourth-order valence-corrected chi connectivity index (χ4v) is 3.28. The lowest BCUT2D eigenvalue weighted by molar-refractivity contribution is -0.149. The van der Waals surface area contributed by atoms with Gasteiger partial charge in [0.2, 0.25) is 12.9 Å². The summed E-state index contributed by atoms with van der Waals surface area (Å²) < 4.78 is 16.0. The number of rotatable bonds is 4. The van der Waals surface area contributed by atoms with Gasteiger partial charge in [-0.2, -0.15) is 5.26 Å². The van der Waals surface area contributed by atoms with E-state index in [1.807, 2.05) is 19.9 Å². The van der Waals surface area contributed by atoms with Gasteiger partial charge in [-0.1, -0.05) is 43.1 Å². The number of hydrogen-bond donors (Lipinski definition) is 0. The molecule has 1 aliphatic carbocycles. The number of fused-ring (bicyclic) bond motifs is 1. The van der Waals surface area contributed by atoms with Gasteiger partial charge in [-0.15, -0.1) is 0 Å². The number of ether oxygens (including phenoxy) is 3. The highest BCUT2D eigenvalue weighted by molar-refractivity contribution is 6.55. The molecule has 2 aliphatic rings. The Morgan fingerprint density at radius 3 is 2.79 bits per heavy atom. The zero-order valence-corrected chi connectivity index (χ0v) is 14.6. The van der Waals surface area contributed by atoms with Gasteiger partial charge in [-0.05, 0) is 29.5 Å². The van der Waals surface area contributed by atoms with E-state index in [-0.39, 0.29) is 28.5 Å². The Labute approximate surface area is 149 Å². The predicted molar refractivity (Wildman–Crippen MR) is 87.6 cm³/mol. The summed E-state index contributed by atoms with van der Waals surface area (Å²) in [6.45, 7) is 4.00. The summed E-state index contributed by atoms with van der Waals surface area (Å²) in [5.74, 6) is 0.207. The summed E-state index contributed by atoms with van der Waals surface area (Å²) in [6.07, 6.45) is 0.622. The second-order valence-corrected chi connectivity index (χ2v) is 7.35. The molecule has 3 rings (SSSR count). The van der Waals surface area contributed by atoms with Crippen molar-refractivity contribution in [3.8, 4) is 17.6 Å². The SMILES string of the molecule is CC1(C)C(C=C(Cl)Cl)C1C(=O)OC(C#N)c1ccc2c(c1)OCO2. The third-order valence-electron chi connectivity index (χ3n) is 4.52. The van der Waals surface area contributed by atoms with Crippen molar-refractivity contribution in [2.75, 3.05) is 6.79 Å². The van der Waals surface area contributed by atoms with Gasteiger partial charge in [-0.25, -0.2) is 0 Å². The zero-order chi connectivity index (χ0) is 17.5. The third kappa shape index (κ3) is 3.04. The van der Waals surface area contributed by atoms with E-state index in [0.717, 1.165) is 0 Å². The van der Waals surface area contributed by atoms with E-state index in [1.54, 1.807) is 24.3 Å².